The minimum atomic E-state index is -1.05. The normalized spacial score (nSPS) is 15.6. The number of furan rings is 1. The fourth-order valence-corrected chi connectivity index (χ4v) is 4.22. The van der Waals surface area contributed by atoms with Crippen molar-refractivity contribution in [3.05, 3.63) is 42.4 Å². The number of nitrogens with one attached hydrogen (secondary N) is 1. The van der Waals surface area contributed by atoms with Crippen LogP contribution < -0.4 is 5.32 Å². The summed E-state index contributed by atoms with van der Waals surface area (Å²) in [4.78, 5) is 11.0. The van der Waals surface area contributed by atoms with E-state index in [1.54, 1.807) is 12.5 Å². The van der Waals surface area contributed by atoms with Gasteiger partial charge in [0.25, 0.3) is 0 Å². The highest BCUT2D eigenvalue weighted by molar-refractivity contribution is 5.96. The number of amides is 1. The second-order valence-electron chi connectivity index (χ2n) is 6.83. The molecule has 1 aromatic carbocycles. The highest BCUT2D eigenvalue weighted by Gasteiger charge is 2.26. The van der Waals surface area contributed by atoms with Crippen molar-refractivity contribution in [2.75, 3.05) is 5.32 Å². The van der Waals surface area contributed by atoms with Gasteiger partial charge in [-0.2, -0.15) is 0 Å². The van der Waals surface area contributed by atoms with E-state index in [2.05, 4.69) is 9.88 Å². The minimum Gasteiger partial charge on any atom is -0.472 e. The van der Waals surface area contributed by atoms with Crippen LogP contribution in [0.25, 0.3) is 22.2 Å². The van der Waals surface area contributed by atoms with Crippen LogP contribution >= 0.6 is 0 Å². The summed E-state index contributed by atoms with van der Waals surface area (Å²) in [6.07, 6.45) is 8.71. The molecule has 0 spiro atoms. The Morgan fingerprint density at radius 2 is 2.04 bits per heavy atom. The molecule has 1 saturated carbocycles. The lowest BCUT2D eigenvalue weighted by molar-refractivity contribution is 0.210. The molecule has 1 amide bonds. The summed E-state index contributed by atoms with van der Waals surface area (Å²) in [5, 5.41) is 12.7. The van der Waals surface area contributed by atoms with Gasteiger partial charge in [0.1, 0.15) is 0 Å². The Hall–Kier alpha value is -2.69. The SMILES string of the molecule is Cn1c(-c2ccoc2)c(C2CCCCC2)c2ccc(NC(=O)O)cc21. The van der Waals surface area contributed by atoms with Crippen molar-refractivity contribution in [1.82, 2.24) is 4.57 Å². The molecule has 130 valence electrons. The number of rotatable bonds is 3. The Morgan fingerprint density at radius 3 is 2.72 bits per heavy atom. The number of nitrogens with zero attached hydrogens (tertiary/aromatic N) is 1. The van der Waals surface area contributed by atoms with Gasteiger partial charge in [-0.15, -0.1) is 0 Å². The van der Waals surface area contributed by atoms with Crippen molar-refractivity contribution >= 4 is 22.7 Å². The molecule has 0 unspecified atom stereocenters. The summed E-state index contributed by atoms with van der Waals surface area (Å²) >= 11 is 0. The summed E-state index contributed by atoms with van der Waals surface area (Å²) in [7, 11) is 2.04. The van der Waals surface area contributed by atoms with E-state index in [9.17, 15) is 4.79 Å². The van der Waals surface area contributed by atoms with Crippen LogP contribution in [-0.2, 0) is 7.05 Å². The van der Waals surface area contributed by atoms with Crippen molar-refractivity contribution < 1.29 is 14.3 Å². The lowest BCUT2D eigenvalue weighted by atomic mass is 9.82. The molecule has 0 radical (unpaired) electrons. The van der Waals surface area contributed by atoms with Crippen molar-refractivity contribution in [1.29, 1.82) is 0 Å². The maximum Gasteiger partial charge on any atom is 0.409 e. The lowest BCUT2D eigenvalue weighted by Gasteiger charge is -2.23. The van der Waals surface area contributed by atoms with Crippen molar-refractivity contribution in [3.8, 4) is 11.3 Å². The summed E-state index contributed by atoms with van der Waals surface area (Å²) in [5.74, 6) is 0.542. The largest absolute Gasteiger partial charge is 0.472 e. The summed E-state index contributed by atoms with van der Waals surface area (Å²) in [5.41, 5.74) is 5.27. The van der Waals surface area contributed by atoms with Gasteiger partial charge in [0.15, 0.2) is 0 Å². The first-order valence-corrected chi connectivity index (χ1v) is 8.80. The van der Waals surface area contributed by atoms with Gasteiger partial charge in [0.2, 0.25) is 0 Å². The first kappa shape index (κ1) is 15.8. The molecular weight excluding hydrogens is 316 g/mol. The number of carboxylic acid groups (broad SMARTS) is 1. The highest BCUT2D eigenvalue weighted by atomic mass is 16.4. The Kier molecular flexibility index (Phi) is 3.99. The zero-order valence-corrected chi connectivity index (χ0v) is 14.3. The lowest BCUT2D eigenvalue weighted by Crippen LogP contribution is -2.07. The smallest absolute Gasteiger partial charge is 0.409 e. The molecule has 0 aliphatic heterocycles. The molecule has 3 aromatic rings. The topological polar surface area (TPSA) is 67.4 Å². The Balaban J connectivity index is 1.93. The molecule has 2 N–H and O–H groups in total. The maximum absolute atomic E-state index is 11.0. The Labute approximate surface area is 146 Å². The van der Waals surface area contributed by atoms with Gasteiger partial charge in [0, 0.05) is 23.7 Å². The van der Waals surface area contributed by atoms with Crippen LogP contribution in [-0.4, -0.2) is 15.8 Å². The Bertz CT molecular complexity index is 903. The predicted octanol–water partition coefficient (Wildman–Crippen LogP) is 5.58. The predicted molar refractivity (Wildman–Crippen MR) is 98.1 cm³/mol. The number of fused-ring (bicyclic) bond motifs is 1. The molecule has 5 nitrogen and oxygen atoms in total. The molecule has 2 heterocycles. The molecular formula is C20H22N2O3. The second kappa shape index (κ2) is 6.31. The van der Waals surface area contributed by atoms with E-state index >= 15 is 0 Å². The molecule has 5 heteroatoms. The van der Waals surface area contributed by atoms with Crippen LogP contribution in [0.4, 0.5) is 10.5 Å². The van der Waals surface area contributed by atoms with Gasteiger partial charge < -0.3 is 14.1 Å². The average molecular weight is 338 g/mol. The first-order valence-electron chi connectivity index (χ1n) is 8.80. The van der Waals surface area contributed by atoms with Crippen LogP contribution in [0.3, 0.4) is 0 Å². The fourth-order valence-electron chi connectivity index (χ4n) is 4.22. The second-order valence-corrected chi connectivity index (χ2v) is 6.83. The molecule has 4 rings (SSSR count). The number of anilines is 1. The van der Waals surface area contributed by atoms with Crippen LogP contribution in [0.1, 0.15) is 43.6 Å². The molecule has 1 aliphatic carbocycles. The number of aromatic nitrogens is 1. The van der Waals surface area contributed by atoms with Crippen molar-refractivity contribution in [3.63, 3.8) is 0 Å². The van der Waals surface area contributed by atoms with E-state index in [0.717, 1.165) is 11.1 Å². The number of hydrogen-bond acceptors (Lipinski definition) is 2. The van der Waals surface area contributed by atoms with E-state index in [1.165, 1.54) is 48.7 Å². The number of aryl methyl sites for hydroxylation is 1. The molecule has 0 atom stereocenters. The van der Waals surface area contributed by atoms with Gasteiger partial charge in [0.05, 0.1) is 23.7 Å². The van der Waals surface area contributed by atoms with Crippen molar-refractivity contribution in [2.45, 2.75) is 38.0 Å². The molecule has 1 aliphatic rings. The van der Waals surface area contributed by atoms with Gasteiger partial charge in [-0.25, -0.2) is 4.79 Å². The van der Waals surface area contributed by atoms with Crippen LogP contribution in [0, 0.1) is 0 Å². The fraction of sp³-hybridized carbons (Fsp3) is 0.350. The van der Waals surface area contributed by atoms with Gasteiger partial charge in [-0.05, 0) is 42.5 Å². The van der Waals surface area contributed by atoms with Crippen LogP contribution in [0.5, 0.6) is 0 Å². The summed E-state index contributed by atoms with van der Waals surface area (Å²) in [6, 6.07) is 7.81. The summed E-state index contributed by atoms with van der Waals surface area (Å²) < 4.78 is 7.50. The third-order valence-electron chi connectivity index (χ3n) is 5.30. The maximum atomic E-state index is 11.0. The molecule has 0 bridgehead atoms. The van der Waals surface area contributed by atoms with Gasteiger partial charge in [-0.1, -0.05) is 25.3 Å². The third kappa shape index (κ3) is 2.80. The molecule has 25 heavy (non-hydrogen) atoms. The first-order chi connectivity index (χ1) is 12.1. The van der Waals surface area contributed by atoms with E-state index < -0.39 is 6.09 Å². The van der Waals surface area contributed by atoms with Gasteiger partial charge in [-0.3, -0.25) is 5.32 Å². The molecule has 2 aromatic heterocycles. The number of carbonyl (C=O) groups is 1. The zero-order valence-electron chi connectivity index (χ0n) is 14.3. The zero-order chi connectivity index (χ0) is 17.4. The van der Waals surface area contributed by atoms with E-state index in [0.29, 0.717) is 11.6 Å². The molecule has 1 fully saturated rings. The van der Waals surface area contributed by atoms with E-state index in [-0.39, 0.29) is 0 Å². The highest BCUT2D eigenvalue weighted by Crippen LogP contribution is 2.44. The van der Waals surface area contributed by atoms with Crippen LogP contribution in [0.2, 0.25) is 0 Å². The quantitative estimate of drug-likeness (QED) is 0.655. The number of benzene rings is 1. The minimum absolute atomic E-state index is 0.542. The monoisotopic (exact) mass is 338 g/mol. The standard InChI is InChI=1S/C20H22N2O3/c1-22-17-11-15(21-20(23)24)7-8-16(17)18(13-5-3-2-4-6-13)19(22)14-9-10-25-12-14/h7-13,21H,2-6H2,1H3,(H,23,24). The average Bonchev–Trinajstić information content (AvgIpc) is 3.22. The van der Waals surface area contributed by atoms with E-state index in [4.69, 9.17) is 9.52 Å². The number of hydrogen-bond donors (Lipinski definition) is 2. The Morgan fingerprint density at radius 1 is 1.24 bits per heavy atom. The molecule has 0 saturated heterocycles. The summed E-state index contributed by atoms with van der Waals surface area (Å²) in [6.45, 7) is 0. The van der Waals surface area contributed by atoms with E-state index in [1.807, 2.05) is 31.3 Å². The van der Waals surface area contributed by atoms with Crippen molar-refractivity contribution in [2.24, 2.45) is 7.05 Å². The third-order valence-corrected chi connectivity index (χ3v) is 5.30. The van der Waals surface area contributed by atoms with Gasteiger partial charge >= 0.3 is 6.09 Å². The van der Waals surface area contributed by atoms with Crippen LogP contribution in [0.15, 0.2) is 41.2 Å².